The lowest BCUT2D eigenvalue weighted by molar-refractivity contribution is -0.142. The molecule has 0 unspecified atom stereocenters. The van der Waals surface area contributed by atoms with Crippen molar-refractivity contribution in [3.63, 3.8) is 0 Å². The topological polar surface area (TPSA) is 114 Å². The molecular weight excluding hydrogens is 280 g/mol. The van der Waals surface area contributed by atoms with Crippen LogP contribution in [-0.2, 0) is 19.1 Å². The van der Waals surface area contributed by atoms with Gasteiger partial charge >= 0.3 is 18.0 Å². The van der Waals surface area contributed by atoms with Gasteiger partial charge in [0.2, 0.25) is 0 Å². The van der Waals surface area contributed by atoms with Crippen molar-refractivity contribution in [1.29, 1.82) is 0 Å². The van der Waals surface area contributed by atoms with Crippen molar-refractivity contribution >= 4 is 18.0 Å². The highest BCUT2D eigenvalue weighted by Crippen LogP contribution is 2.19. The van der Waals surface area contributed by atoms with Crippen LogP contribution in [0.15, 0.2) is 0 Å². The molecule has 120 valence electrons. The van der Waals surface area contributed by atoms with Crippen molar-refractivity contribution in [1.82, 2.24) is 10.6 Å². The summed E-state index contributed by atoms with van der Waals surface area (Å²) in [7, 11) is 1.23. The highest BCUT2D eigenvalue weighted by molar-refractivity contribution is 5.83. The Bertz CT molecular complexity index is 392. The van der Waals surface area contributed by atoms with E-state index in [1.165, 1.54) is 7.11 Å². The Labute approximate surface area is 123 Å². The minimum absolute atomic E-state index is 0.0186. The molecule has 8 nitrogen and oxygen atoms in total. The summed E-state index contributed by atoms with van der Waals surface area (Å²) in [6.45, 7) is 3.00. The predicted molar refractivity (Wildman–Crippen MR) is 72.8 cm³/mol. The van der Waals surface area contributed by atoms with Gasteiger partial charge in [0.05, 0.1) is 7.11 Å². The smallest absolute Gasteiger partial charge is 0.326 e. The molecule has 1 rings (SSSR count). The number of hydrogen-bond acceptors (Lipinski definition) is 5. The molecule has 1 heterocycles. The molecule has 1 saturated heterocycles. The summed E-state index contributed by atoms with van der Waals surface area (Å²) in [5.41, 5.74) is -0.409. The van der Waals surface area contributed by atoms with Crippen LogP contribution < -0.4 is 10.6 Å². The van der Waals surface area contributed by atoms with E-state index in [9.17, 15) is 14.4 Å². The van der Waals surface area contributed by atoms with Crippen LogP contribution >= 0.6 is 0 Å². The van der Waals surface area contributed by atoms with E-state index in [-0.39, 0.29) is 12.8 Å². The lowest BCUT2D eigenvalue weighted by atomic mass is 9.93. The number of amides is 2. The maximum Gasteiger partial charge on any atom is 0.326 e. The Balaban J connectivity index is 2.48. The molecule has 1 fully saturated rings. The molecule has 2 amide bonds. The van der Waals surface area contributed by atoms with Gasteiger partial charge in [0, 0.05) is 25.2 Å². The molecule has 0 saturated carbocycles. The highest BCUT2D eigenvalue weighted by atomic mass is 16.5. The lowest BCUT2D eigenvalue weighted by Gasteiger charge is -2.34. The van der Waals surface area contributed by atoms with Gasteiger partial charge in [-0.1, -0.05) is 0 Å². The number of carbonyl (C=O) groups excluding carboxylic acids is 2. The Kier molecular flexibility index (Phi) is 6.41. The fourth-order valence-corrected chi connectivity index (χ4v) is 2.04. The second-order valence-electron chi connectivity index (χ2n) is 5.28. The van der Waals surface area contributed by atoms with Gasteiger partial charge in [0.1, 0.15) is 6.04 Å². The molecule has 0 aromatic heterocycles. The van der Waals surface area contributed by atoms with Crippen molar-refractivity contribution in [3.05, 3.63) is 0 Å². The van der Waals surface area contributed by atoms with Crippen LogP contribution in [0, 0.1) is 0 Å². The molecule has 0 aromatic carbocycles. The molecule has 1 atom stereocenters. The highest BCUT2D eigenvalue weighted by Gasteiger charge is 2.30. The first-order valence-corrected chi connectivity index (χ1v) is 6.82. The van der Waals surface area contributed by atoms with E-state index in [4.69, 9.17) is 9.84 Å². The summed E-state index contributed by atoms with van der Waals surface area (Å²) in [5, 5.41) is 14.2. The maximum absolute atomic E-state index is 11.9. The molecule has 0 radical (unpaired) electrons. The summed E-state index contributed by atoms with van der Waals surface area (Å²) >= 11 is 0. The zero-order valence-electron chi connectivity index (χ0n) is 12.3. The van der Waals surface area contributed by atoms with Crippen LogP contribution in [0.2, 0.25) is 0 Å². The van der Waals surface area contributed by atoms with Crippen LogP contribution in [0.1, 0.15) is 32.6 Å². The molecule has 0 bridgehead atoms. The number of carboxylic acids is 1. The molecule has 3 N–H and O–H groups in total. The third-order valence-corrected chi connectivity index (χ3v) is 3.48. The Hall–Kier alpha value is -1.83. The van der Waals surface area contributed by atoms with E-state index in [0.29, 0.717) is 26.1 Å². The zero-order valence-corrected chi connectivity index (χ0v) is 12.3. The number of methoxy groups -OCH3 is 1. The summed E-state index contributed by atoms with van der Waals surface area (Å²) in [6.07, 6.45) is 1.24. The third-order valence-electron chi connectivity index (χ3n) is 3.48. The van der Waals surface area contributed by atoms with Crippen molar-refractivity contribution in [2.24, 2.45) is 0 Å². The first kappa shape index (κ1) is 17.2. The van der Waals surface area contributed by atoms with E-state index in [0.717, 1.165) is 0 Å². The SMILES string of the molecule is COC(=O)CC[C@@H](NC(=O)NC1(C)CCOCC1)C(=O)O. The molecule has 21 heavy (non-hydrogen) atoms. The molecule has 0 aliphatic carbocycles. The Morgan fingerprint density at radius 1 is 1.33 bits per heavy atom. The molecule has 0 spiro atoms. The molecule has 1 aliphatic heterocycles. The largest absolute Gasteiger partial charge is 0.480 e. The van der Waals surface area contributed by atoms with Gasteiger partial charge in [0.25, 0.3) is 0 Å². The number of urea groups is 1. The number of hydrogen-bond donors (Lipinski definition) is 3. The monoisotopic (exact) mass is 302 g/mol. The normalized spacial score (nSPS) is 18.4. The Morgan fingerprint density at radius 3 is 2.48 bits per heavy atom. The van der Waals surface area contributed by atoms with Crippen LogP contribution in [0.5, 0.6) is 0 Å². The van der Waals surface area contributed by atoms with Crippen LogP contribution in [0.3, 0.4) is 0 Å². The van der Waals surface area contributed by atoms with Crippen LogP contribution in [0.4, 0.5) is 4.79 Å². The standard InChI is InChI=1S/C13H22N2O6/c1-13(5-7-21-8-6-13)15-12(19)14-9(11(17)18)3-4-10(16)20-2/h9H,3-8H2,1-2H3,(H,17,18)(H2,14,15,19)/t9-/m1/s1. The van der Waals surface area contributed by atoms with E-state index < -0.39 is 29.6 Å². The number of carboxylic acid groups (broad SMARTS) is 1. The van der Waals surface area contributed by atoms with Gasteiger partial charge in [-0.25, -0.2) is 9.59 Å². The molecule has 1 aliphatic rings. The van der Waals surface area contributed by atoms with E-state index in [1.807, 2.05) is 6.92 Å². The fraction of sp³-hybridized carbons (Fsp3) is 0.769. The average molecular weight is 302 g/mol. The molecular formula is C13H22N2O6. The number of esters is 1. The fourth-order valence-electron chi connectivity index (χ4n) is 2.04. The van der Waals surface area contributed by atoms with Gasteiger partial charge in [-0.15, -0.1) is 0 Å². The van der Waals surface area contributed by atoms with Gasteiger partial charge in [-0.2, -0.15) is 0 Å². The number of nitrogens with one attached hydrogen (secondary N) is 2. The maximum atomic E-state index is 11.9. The van der Waals surface area contributed by atoms with Gasteiger partial charge in [-0.05, 0) is 26.2 Å². The number of rotatable bonds is 6. The minimum Gasteiger partial charge on any atom is -0.480 e. The molecule has 8 heteroatoms. The summed E-state index contributed by atoms with van der Waals surface area (Å²) < 4.78 is 9.67. The second-order valence-corrected chi connectivity index (χ2v) is 5.28. The number of carbonyl (C=O) groups is 3. The van der Waals surface area contributed by atoms with Crippen molar-refractivity contribution in [2.75, 3.05) is 20.3 Å². The minimum atomic E-state index is -1.19. The van der Waals surface area contributed by atoms with Gasteiger partial charge in [-0.3, -0.25) is 4.79 Å². The summed E-state index contributed by atoms with van der Waals surface area (Å²) in [4.78, 5) is 34.0. The predicted octanol–water partition coefficient (Wildman–Crippen LogP) is 0.261. The van der Waals surface area contributed by atoms with Gasteiger partial charge < -0.3 is 25.2 Å². The molecule has 0 aromatic rings. The summed E-state index contributed by atoms with van der Waals surface area (Å²) in [5.74, 6) is -1.70. The Morgan fingerprint density at radius 2 is 1.95 bits per heavy atom. The van der Waals surface area contributed by atoms with Gasteiger partial charge in [0.15, 0.2) is 0 Å². The summed E-state index contributed by atoms with van der Waals surface area (Å²) in [6, 6.07) is -1.69. The van der Waals surface area contributed by atoms with E-state index in [1.54, 1.807) is 0 Å². The quantitative estimate of drug-likeness (QED) is 0.606. The van der Waals surface area contributed by atoms with Crippen LogP contribution in [-0.4, -0.2) is 55.0 Å². The lowest BCUT2D eigenvalue weighted by Crippen LogP contribution is -2.55. The first-order valence-electron chi connectivity index (χ1n) is 6.82. The number of aliphatic carboxylic acids is 1. The first-order chi connectivity index (χ1) is 9.86. The van der Waals surface area contributed by atoms with E-state index in [2.05, 4.69) is 15.4 Å². The van der Waals surface area contributed by atoms with Crippen molar-refractivity contribution in [2.45, 2.75) is 44.2 Å². The second kappa shape index (κ2) is 7.82. The van der Waals surface area contributed by atoms with Crippen molar-refractivity contribution < 1.29 is 29.0 Å². The number of ether oxygens (including phenoxy) is 2. The average Bonchev–Trinajstić information content (AvgIpc) is 2.42. The zero-order chi connectivity index (χ0) is 15.9. The third kappa shape index (κ3) is 5.99. The van der Waals surface area contributed by atoms with E-state index >= 15 is 0 Å². The van der Waals surface area contributed by atoms with Crippen LogP contribution in [0.25, 0.3) is 0 Å². The van der Waals surface area contributed by atoms with Crippen molar-refractivity contribution in [3.8, 4) is 0 Å².